The number of aromatic nitrogens is 2. The van der Waals surface area contributed by atoms with Gasteiger partial charge in [0.25, 0.3) is 5.91 Å². The van der Waals surface area contributed by atoms with Crippen LogP contribution in [0, 0.1) is 0 Å². The summed E-state index contributed by atoms with van der Waals surface area (Å²) in [5, 5.41) is 2.71. The maximum absolute atomic E-state index is 12.5. The number of carbonyl (C=O) groups excluding carboxylic acids is 1. The first-order valence-electron chi connectivity index (χ1n) is 8.76. The van der Waals surface area contributed by atoms with Gasteiger partial charge in [-0.05, 0) is 24.6 Å². The first kappa shape index (κ1) is 19.5. The molecule has 28 heavy (non-hydrogen) atoms. The van der Waals surface area contributed by atoms with E-state index in [4.69, 9.17) is 0 Å². The van der Waals surface area contributed by atoms with Crippen LogP contribution in [0.15, 0.2) is 67.0 Å². The van der Waals surface area contributed by atoms with Crippen molar-refractivity contribution in [2.45, 2.75) is 13.3 Å². The molecule has 7 nitrogen and oxygen atoms in total. The molecule has 1 amide bonds. The van der Waals surface area contributed by atoms with Crippen LogP contribution in [-0.4, -0.2) is 30.0 Å². The van der Waals surface area contributed by atoms with Crippen molar-refractivity contribution >= 4 is 27.3 Å². The zero-order valence-electron chi connectivity index (χ0n) is 15.3. The van der Waals surface area contributed by atoms with E-state index < -0.39 is 10.0 Å². The third kappa shape index (κ3) is 5.14. The number of sulfonamides is 1. The van der Waals surface area contributed by atoms with E-state index in [2.05, 4.69) is 20.0 Å². The van der Waals surface area contributed by atoms with Crippen LogP contribution in [0.5, 0.6) is 0 Å². The lowest BCUT2D eigenvalue weighted by atomic mass is 10.2. The standard InChI is InChI=1S/C20H20N4O3S/c1-2-11-28(26,27)24-17-10-6-9-16(12-17)20(25)23-18-13-21-19(22-14-18)15-7-4-3-5-8-15/h3-10,12-14,24H,2,11H2,1H3,(H,23,25). The van der Waals surface area contributed by atoms with Crippen molar-refractivity contribution in [1.29, 1.82) is 0 Å². The molecule has 0 aliphatic rings. The summed E-state index contributed by atoms with van der Waals surface area (Å²) in [6.45, 7) is 1.79. The Labute approximate surface area is 163 Å². The van der Waals surface area contributed by atoms with Gasteiger partial charge in [0.2, 0.25) is 10.0 Å². The van der Waals surface area contributed by atoms with Crippen LogP contribution in [0.25, 0.3) is 11.4 Å². The quantitative estimate of drug-likeness (QED) is 0.636. The molecule has 0 unspecified atom stereocenters. The molecule has 0 spiro atoms. The van der Waals surface area contributed by atoms with Crippen LogP contribution < -0.4 is 10.0 Å². The molecular weight excluding hydrogens is 376 g/mol. The molecule has 0 atom stereocenters. The predicted octanol–water partition coefficient (Wildman–Crippen LogP) is 3.55. The molecule has 0 saturated heterocycles. The van der Waals surface area contributed by atoms with E-state index in [1.807, 2.05) is 30.3 Å². The number of hydrogen-bond donors (Lipinski definition) is 2. The van der Waals surface area contributed by atoms with E-state index in [9.17, 15) is 13.2 Å². The highest BCUT2D eigenvalue weighted by Crippen LogP contribution is 2.17. The van der Waals surface area contributed by atoms with E-state index in [1.54, 1.807) is 25.1 Å². The van der Waals surface area contributed by atoms with Crippen molar-refractivity contribution in [3.63, 3.8) is 0 Å². The summed E-state index contributed by atoms with van der Waals surface area (Å²) in [5.74, 6) is 0.202. The molecule has 3 rings (SSSR count). The Hall–Kier alpha value is -3.26. The van der Waals surface area contributed by atoms with Crippen molar-refractivity contribution in [3.05, 3.63) is 72.6 Å². The first-order chi connectivity index (χ1) is 13.5. The molecule has 0 aliphatic carbocycles. The fraction of sp³-hybridized carbons (Fsp3) is 0.150. The van der Waals surface area contributed by atoms with E-state index in [-0.39, 0.29) is 11.7 Å². The van der Waals surface area contributed by atoms with E-state index in [0.29, 0.717) is 29.2 Å². The number of carbonyl (C=O) groups is 1. The first-order valence-corrected chi connectivity index (χ1v) is 10.4. The number of amides is 1. The van der Waals surface area contributed by atoms with Gasteiger partial charge in [0.15, 0.2) is 5.82 Å². The van der Waals surface area contributed by atoms with Crippen LogP contribution in [0.3, 0.4) is 0 Å². The van der Waals surface area contributed by atoms with E-state index >= 15 is 0 Å². The van der Waals surface area contributed by atoms with E-state index in [0.717, 1.165) is 5.56 Å². The third-order valence-electron chi connectivity index (χ3n) is 3.81. The average Bonchev–Trinajstić information content (AvgIpc) is 2.69. The van der Waals surface area contributed by atoms with Gasteiger partial charge in [-0.2, -0.15) is 0 Å². The Morgan fingerprint density at radius 3 is 2.36 bits per heavy atom. The Morgan fingerprint density at radius 1 is 0.964 bits per heavy atom. The van der Waals surface area contributed by atoms with Gasteiger partial charge in [0.1, 0.15) is 0 Å². The number of nitrogens with one attached hydrogen (secondary N) is 2. The van der Waals surface area contributed by atoms with Gasteiger partial charge in [-0.3, -0.25) is 9.52 Å². The maximum Gasteiger partial charge on any atom is 0.255 e. The lowest BCUT2D eigenvalue weighted by molar-refractivity contribution is 0.102. The van der Waals surface area contributed by atoms with E-state index in [1.165, 1.54) is 18.5 Å². The zero-order valence-corrected chi connectivity index (χ0v) is 16.1. The minimum atomic E-state index is -3.42. The summed E-state index contributed by atoms with van der Waals surface area (Å²) in [4.78, 5) is 21.0. The van der Waals surface area contributed by atoms with Crippen LogP contribution in [0.4, 0.5) is 11.4 Å². The summed E-state index contributed by atoms with van der Waals surface area (Å²) >= 11 is 0. The maximum atomic E-state index is 12.5. The minimum Gasteiger partial charge on any atom is -0.319 e. The molecule has 0 radical (unpaired) electrons. The molecule has 2 N–H and O–H groups in total. The molecule has 144 valence electrons. The molecule has 3 aromatic rings. The normalized spacial score (nSPS) is 11.0. The van der Waals surface area contributed by atoms with Crippen molar-refractivity contribution in [1.82, 2.24) is 9.97 Å². The Bertz CT molecular complexity index is 1050. The van der Waals surface area contributed by atoms with Gasteiger partial charge in [-0.15, -0.1) is 0 Å². The topological polar surface area (TPSA) is 101 Å². The highest BCUT2D eigenvalue weighted by molar-refractivity contribution is 7.92. The molecule has 0 fully saturated rings. The van der Waals surface area contributed by atoms with Gasteiger partial charge in [-0.25, -0.2) is 18.4 Å². The second kappa shape index (κ2) is 8.62. The van der Waals surface area contributed by atoms with Crippen molar-refractivity contribution in [2.24, 2.45) is 0 Å². The molecule has 0 bridgehead atoms. The van der Waals surface area contributed by atoms with Gasteiger partial charge in [0.05, 0.1) is 23.8 Å². The molecule has 0 aliphatic heterocycles. The lowest BCUT2D eigenvalue weighted by Crippen LogP contribution is -2.17. The number of anilines is 2. The summed E-state index contributed by atoms with van der Waals surface area (Å²) < 4.78 is 26.3. The molecule has 8 heteroatoms. The highest BCUT2D eigenvalue weighted by Gasteiger charge is 2.12. The zero-order chi connectivity index (χ0) is 20.0. The second-order valence-corrected chi connectivity index (χ2v) is 7.96. The molecule has 1 aromatic heterocycles. The third-order valence-corrected chi connectivity index (χ3v) is 5.31. The largest absolute Gasteiger partial charge is 0.319 e. The Balaban J connectivity index is 1.70. The van der Waals surface area contributed by atoms with Crippen LogP contribution in [-0.2, 0) is 10.0 Å². The van der Waals surface area contributed by atoms with Crippen LogP contribution >= 0.6 is 0 Å². The van der Waals surface area contributed by atoms with Crippen molar-refractivity contribution in [3.8, 4) is 11.4 Å². The Kier molecular flexibility index (Phi) is 6.00. The summed E-state index contributed by atoms with van der Waals surface area (Å²) in [6.07, 6.45) is 3.57. The summed E-state index contributed by atoms with van der Waals surface area (Å²) in [6, 6.07) is 15.8. The summed E-state index contributed by atoms with van der Waals surface area (Å²) in [7, 11) is -3.42. The van der Waals surface area contributed by atoms with Crippen molar-refractivity contribution < 1.29 is 13.2 Å². The van der Waals surface area contributed by atoms with Gasteiger partial charge in [0, 0.05) is 16.8 Å². The number of hydrogen-bond acceptors (Lipinski definition) is 5. The van der Waals surface area contributed by atoms with Gasteiger partial charge < -0.3 is 5.32 Å². The predicted molar refractivity (Wildman–Crippen MR) is 110 cm³/mol. The monoisotopic (exact) mass is 396 g/mol. The van der Waals surface area contributed by atoms with Crippen LogP contribution in [0.1, 0.15) is 23.7 Å². The Morgan fingerprint density at radius 2 is 1.68 bits per heavy atom. The SMILES string of the molecule is CCCS(=O)(=O)Nc1cccc(C(=O)Nc2cnc(-c3ccccc3)nc2)c1. The smallest absolute Gasteiger partial charge is 0.255 e. The highest BCUT2D eigenvalue weighted by atomic mass is 32.2. The van der Waals surface area contributed by atoms with Crippen LogP contribution in [0.2, 0.25) is 0 Å². The van der Waals surface area contributed by atoms with Crippen molar-refractivity contribution in [2.75, 3.05) is 15.8 Å². The second-order valence-electron chi connectivity index (χ2n) is 6.12. The molecule has 0 saturated carbocycles. The van der Waals surface area contributed by atoms with Gasteiger partial charge in [-0.1, -0.05) is 43.3 Å². The number of benzene rings is 2. The fourth-order valence-electron chi connectivity index (χ4n) is 2.56. The number of rotatable bonds is 7. The molecular formula is C20H20N4O3S. The number of nitrogens with zero attached hydrogens (tertiary/aromatic N) is 2. The molecule has 2 aromatic carbocycles. The minimum absolute atomic E-state index is 0.0223. The fourth-order valence-corrected chi connectivity index (χ4v) is 3.68. The molecule has 1 heterocycles. The summed E-state index contributed by atoms with van der Waals surface area (Å²) in [5.41, 5.74) is 2.00. The van der Waals surface area contributed by atoms with Gasteiger partial charge >= 0.3 is 0 Å². The average molecular weight is 396 g/mol. The lowest BCUT2D eigenvalue weighted by Gasteiger charge is -2.09.